The van der Waals surface area contributed by atoms with Crippen molar-refractivity contribution in [1.29, 1.82) is 0 Å². The molecule has 1 heterocycles. The van der Waals surface area contributed by atoms with Gasteiger partial charge in [0.05, 0.1) is 21.8 Å². The normalized spacial score (nSPS) is 11.7. The van der Waals surface area contributed by atoms with Crippen molar-refractivity contribution in [2.75, 3.05) is 0 Å². The fourth-order valence-corrected chi connectivity index (χ4v) is 1.74. The highest BCUT2D eigenvalue weighted by molar-refractivity contribution is 6.42. The summed E-state index contributed by atoms with van der Waals surface area (Å²) in [6.45, 7) is 0. The van der Waals surface area contributed by atoms with Gasteiger partial charge in [-0.3, -0.25) is 4.98 Å². The molecule has 90 valence electrons. The molecule has 0 saturated carbocycles. The van der Waals surface area contributed by atoms with Gasteiger partial charge in [-0.25, -0.2) is 0 Å². The largest absolute Gasteiger partial charge is 0.319 e. The Kier molecular flexibility index (Phi) is 5.22. The summed E-state index contributed by atoms with van der Waals surface area (Å²) >= 11 is 11.8. The summed E-state index contributed by atoms with van der Waals surface area (Å²) in [4.78, 5) is 4.21. The summed E-state index contributed by atoms with van der Waals surface area (Å²) in [5.41, 5.74) is 7.77. The van der Waals surface area contributed by atoms with Crippen LogP contribution in [0, 0.1) is 0 Å². The molecule has 2 nitrogen and oxygen atoms in total. The van der Waals surface area contributed by atoms with E-state index in [1.807, 2.05) is 24.3 Å². The van der Waals surface area contributed by atoms with Gasteiger partial charge in [-0.15, -0.1) is 12.4 Å². The Hall–Kier alpha value is -0.800. The van der Waals surface area contributed by atoms with Crippen LogP contribution in [0.25, 0.3) is 0 Å². The third-order valence-electron chi connectivity index (χ3n) is 2.31. The number of nitrogens with zero attached hydrogens (tertiary/aromatic N) is 1. The third kappa shape index (κ3) is 3.33. The summed E-state index contributed by atoms with van der Waals surface area (Å²) in [6, 6.07) is 10.7. The number of halogens is 3. The van der Waals surface area contributed by atoms with E-state index in [0.29, 0.717) is 10.0 Å². The Bertz CT molecular complexity index is 488. The average Bonchev–Trinajstić information content (AvgIpc) is 2.33. The van der Waals surface area contributed by atoms with Gasteiger partial charge in [-0.1, -0.05) is 35.3 Å². The van der Waals surface area contributed by atoms with Crippen LogP contribution in [0.1, 0.15) is 17.3 Å². The SMILES string of the molecule is Cl.NC(c1ccc(Cl)c(Cl)c1)c1ccccn1. The second-order valence-electron chi connectivity index (χ2n) is 3.41. The summed E-state index contributed by atoms with van der Waals surface area (Å²) in [5, 5.41) is 1.03. The van der Waals surface area contributed by atoms with Crippen LogP contribution in [0.2, 0.25) is 10.0 Å². The van der Waals surface area contributed by atoms with Crippen LogP contribution in [-0.2, 0) is 0 Å². The molecule has 0 amide bonds. The van der Waals surface area contributed by atoms with Crippen LogP contribution in [0.3, 0.4) is 0 Å². The Morgan fingerprint density at radius 2 is 1.82 bits per heavy atom. The van der Waals surface area contributed by atoms with Crippen molar-refractivity contribution in [3.8, 4) is 0 Å². The van der Waals surface area contributed by atoms with Gasteiger partial charge in [0, 0.05) is 6.20 Å². The summed E-state index contributed by atoms with van der Waals surface area (Å²) in [5.74, 6) is 0. The topological polar surface area (TPSA) is 38.9 Å². The Morgan fingerprint density at radius 1 is 1.06 bits per heavy atom. The van der Waals surface area contributed by atoms with Crippen LogP contribution in [0.4, 0.5) is 0 Å². The van der Waals surface area contributed by atoms with E-state index in [4.69, 9.17) is 28.9 Å². The number of hydrogen-bond acceptors (Lipinski definition) is 2. The standard InChI is InChI=1S/C12H10Cl2N2.ClH/c13-9-5-4-8(7-10(9)14)12(15)11-3-1-2-6-16-11;/h1-7,12H,15H2;1H. The smallest absolute Gasteiger partial charge is 0.0726 e. The molecule has 0 fully saturated rings. The first-order chi connectivity index (χ1) is 7.68. The first-order valence-electron chi connectivity index (χ1n) is 4.80. The summed E-state index contributed by atoms with van der Waals surface area (Å²) in [6.07, 6.45) is 1.71. The van der Waals surface area contributed by atoms with Gasteiger partial charge in [0.1, 0.15) is 0 Å². The lowest BCUT2D eigenvalue weighted by Crippen LogP contribution is -2.13. The number of nitrogens with two attached hydrogens (primary N) is 1. The molecular formula is C12H11Cl3N2. The van der Waals surface area contributed by atoms with Crippen molar-refractivity contribution in [3.05, 3.63) is 63.9 Å². The van der Waals surface area contributed by atoms with E-state index in [0.717, 1.165) is 11.3 Å². The molecule has 0 aliphatic carbocycles. The molecule has 0 radical (unpaired) electrons. The van der Waals surface area contributed by atoms with Crippen molar-refractivity contribution in [3.63, 3.8) is 0 Å². The number of benzene rings is 1. The molecule has 2 N–H and O–H groups in total. The Labute approximate surface area is 116 Å². The first-order valence-corrected chi connectivity index (χ1v) is 5.55. The van der Waals surface area contributed by atoms with Crippen LogP contribution in [-0.4, -0.2) is 4.98 Å². The predicted octanol–water partition coefficient (Wildman–Crippen LogP) is 3.86. The molecule has 17 heavy (non-hydrogen) atoms. The monoisotopic (exact) mass is 288 g/mol. The second-order valence-corrected chi connectivity index (χ2v) is 4.22. The molecule has 0 bridgehead atoms. The zero-order chi connectivity index (χ0) is 11.5. The molecule has 5 heteroatoms. The maximum atomic E-state index is 6.07. The lowest BCUT2D eigenvalue weighted by Gasteiger charge is -2.11. The number of pyridine rings is 1. The minimum Gasteiger partial charge on any atom is -0.319 e. The van der Waals surface area contributed by atoms with Gasteiger partial charge >= 0.3 is 0 Å². The quantitative estimate of drug-likeness (QED) is 0.912. The molecule has 1 atom stereocenters. The first kappa shape index (κ1) is 14.3. The Balaban J connectivity index is 0.00000144. The molecular weight excluding hydrogens is 279 g/mol. The maximum Gasteiger partial charge on any atom is 0.0726 e. The van der Waals surface area contributed by atoms with E-state index < -0.39 is 0 Å². The molecule has 0 aliphatic rings. The lowest BCUT2D eigenvalue weighted by atomic mass is 10.0. The van der Waals surface area contributed by atoms with Crippen molar-refractivity contribution in [1.82, 2.24) is 4.98 Å². The van der Waals surface area contributed by atoms with Gasteiger partial charge < -0.3 is 5.73 Å². The second kappa shape index (κ2) is 6.22. The van der Waals surface area contributed by atoms with Crippen LogP contribution < -0.4 is 5.73 Å². The van der Waals surface area contributed by atoms with E-state index in [1.54, 1.807) is 18.3 Å². The highest BCUT2D eigenvalue weighted by atomic mass is 35.5. The fraction of sp³-hybridized carbons (Fsp3) is 0.0833. The zero-order valence-corrected chi connectivity index (χ0v) is 11.1. The van der Waals surface area contributed by atoms with Crippen LogP contribution in [0.15, 0.2) is 42.6 Å². The third-order valence-corrected chi connectivity index (χ3v) is 3.05. The number of aromatic nitrogens is 1. The van der Waals surface area contributed by atoms with Crippen molar-refractivity contribution >= 4 is 35.6 Å². The minimum atomic E-state index is -0.282. The van der Waals surface area contributed by atoms with E-state index in [2.05, 4.69) is 4.98 Å². The van der Waals surface area contributed by atoms with E-state index in [-0.39, 0.29) is 18.4 Å². The van der Waals surface area contributed by atoms with Gasteiger partial charge in [0.15, 0.2) is 0 Å². The van der Waals surface area contributed by atoms with Crippen LogP contribution >= 0.6 is 35.6 Å². The molecule has 1 aromatic heterocycles. The van der Waals surface area contributed by atoms with Crippen molar-refractivity contribution < 1.29 is 0 Å². The van der Waals surface area contributed by atoms with Crippen molar-refractivity contribution in [2.45, 2.75) is 6.04 Å². The molecule has 0 aliphatic heterocycles. The highest BCUT2D eigenvalue weighted by Crippen LogP contribution is 2.26. The maximum absolute atomic E-state index is 6.07. The van der Waals surface area contributed by atoms with Gasteiger partial charge in [-0.05, 0) is 29.8 Å². The van der Waals surface area contributed by atoms with Gasteiger partial charge in [-0.2, -0.15) is 0 Å². The molecule has 0 spiro atoms. The zero-order valence-electron chi connectivity index (χ0n) is 8.81. The summed E-state index contributed by atoms with van der Waals surface area (Å²) in [7, 11) is 0. The number of hydrogen-bond donors (Lipinski definition) is 1. The molecule has 1 unspecified atom stereocenters. The van der Waals surface area contributed by atoms with E-state index in [9.17, 15) is 0 Å². The fourth-order valence-electron chi connectivity index (χ4n) is 1.44. The minimum absolute atomic E-state index is 0. The predicted molar refractivity (Wildman–Crippen MR) is 74.0 cm³/mol. The van der Waals surface area contributed by atoms with Gasteiger partial charge in [0.2, 0.25) is 0 Å². The Morgan fingerprint density at radius 3 is 2.41 bits per heavy atom. The number of rotatable bonds is 2. The molecule has 1 aromatic carbocycles. The van der Waals surface area contributed by atoms with Gasteiger partial charge in [0.25, 0.3) is 0 Å². The average molecular weight is 290 g/mol. The lowest BCUT2D eigenvalue weighted by molar-refractivity contribution is 0.829. The highest BCUT2D eigenvalue weighted by Gasteiger charge is 2.10. The van der Waals surface area contributed by atoms with E-state index >= 15 is 0 Å². The van der Waals surface area contributed by atoms with Crippen molar-refractivity contribution in [2.24, 2.45) is 5.73 Å². The molecule has 2 aromatic rings. The molecule has 2 rings (SSSR count). The molecule has 0 saturated heterocycles. The van der Waals surface area contributed by atoms with Crippen LogP contribution in [0.5, 0.6) is 0 Å². The van der Waals surface area contributed by atoms with E-state index in [1.165, 1.54) is 0 Å². The summed E-state index contributed by atoms with van der Waals surface area (Å²) < 4.78 is 0.